The number of nitrogens with zero attached hydrogens (tertiary/aromatic N) is 2. The Morgan fingerprint density at radius 2 is 2.21 bits per heavy atom. The number of rotatable bonds is 5. The third-order valence-electron chi connectivity index (χ3n) is 1.31. The molecule has 0 bridgehead atoms. The molecular formula is C6H11N3O2S3. The molecule has 0 spiro atoms. The molecule has 0 aliphatic rings. The maximum Gasteiger partial charge on any atom is 0.203 e. The van der Waals surface area contributed by atoms with E-state index in [9.17, 15) is 8.42 Å². The molecule has 0 aliphatic carbocycles. The van der Waals surface area contributed by atoms with Crippen molar-refractivity contribution in [3.05, 3.63) is 0 Å². The van der Waals surface area contributed by atoms with Crippen LogP contribution in [0.2, 0.25) is 0 Å². The summed E-state index contributed by atoms with van der Waals surface area (Å²) in [5.74, 6) is 0.940. The van der Waals surface area contributed by atoms with E-state index in [2.05, 4.69) is 10.2 Å². The molecule has 0 saturated heterocycles. The van der Waals surface area contributed by atoms with Crippen LogP contribution in [0.5, 0.6) is 0 Å². The first-order chi connectivity index (χ1) is 6.47. The second-order valence-corrected chi connectivity index (χ2v) is 7.35. The van der Waals surface area contributed by atoms with Gasteiger partial charge in [-0.1, -0.05) is 23.1 Å². The van der Waals surface area contributed by atoms with Crippen LogP contribution in [0.4, 0.5) is 5.13 Å². The first-order valence-electron chi connectivity index (χ1n) is 3.87. The molecule has 5 nitrogen and oxygen atoms in total. The largest absolute Gasteiger partial charge is 0.374 e. The first kappa shape index (κ1) is 11.7. The van der Waals surface area contributed by atoms with Gasteiger partial charge in [-0.05, 0) is 6.42 Å². The minimum atomic E-state index is -2.84. The fourth-order valence-electron chi connectivity index (χ4n) is 0.759. The van der Waals surface area contributed by atoms with Gasteiger partial charge in [0.2, 0.25) is 5.13 Å². The van der Waals surface area contributed by atoms with E-state index in [1.807, 2.05) is 0 Å². The summed E-state index contributed by atoms with van der Waals surface area (Å²) in [6.07, 6.45) is 1.86. The molecule has 0 aromatic carbocycles. The zero-order valence-corrected chi connectivity index (χ0v) is 10.1. The minimum absolute atomic E-state index is 0.217. The number of hydrogen-bond acceptors (Lipinski definition) is 7. The zero-order valence-electron chi connectivity index (χ0n) is 7.63. The van der Waals surface area contributed by atoms with Crippen LogP contribution >= 0.6 is 23.1 Å². The molecule has 0 saturated carbocycles. The second-order valence-electron chi connectivity index (χ2n) is 2.74. The standard InChI is InChI=1S/C6H11N3O2S3/c1-14(10,11)4-2-3-12-6-9-8-5(7)13-6/h2-4H2,1H3,(H2,7,8). The van der Waals surface area contributed by atoms with Crippen molar-refractivity contribution in [2.45, 2.75) is 10.8 Å². The van der Waals surface area contributed by atoms with E-state index in [1.54, 1.807) is 0 Å². The number of nitrogens with two attached hydrogens (primary N) is 1. The summed E-state index contributed by atoms with van der Waals surface area (Å²) in [7, 11) is -2.84. The molecule has 2 N–H and O–H groups in total. The van der Waals surface area contributed by atoms with Crippen LogP contribution in [-0.4, -0.2) is 36.4 Å². The maximum absolute atomic E-state index is 10.8. The van der Waals surface area contributed by atoms with Gasteiger partial charge in [0.25, 0.3) is 0 Å². The summed E-state index contributed by atoms with van der Waals surface area (Å²) in [5.41, 5.74) is 5.39. The highest BCUT2D eigenvalue weighted by atomic mass is 32.2. The van der Waals surface area contributed by atoms with Gasteiger partial charge >= 0.3 is 0 Å². The van der Waals surface area contributed by atoms with Crippen molar-refractivity contribution in [1.29, 1.82) is 0 Å². The highest BCUT2D eigenvalue weighted by Gasteiger charge is 2.04. The van der Waals surface area contributed by atoms with Crippen LogP contribution in [0.25, 0.3) is 0 Å². The van der Waals surface area contributed by atoms with Crippen LogP contribution < -0.4 is 5.73 Å². The molecule has 80 valence electrons. The number of thioether (sulfide) groups is 1. The lowest BCUT2D eigenvalue weighted by atomic mass is 10.6. The smallest absolute Gasteiger partial charge is 0.203 e. The van der Waals surface area contributed by atoms with Crippen molar-refractivity contribution >= 4 is 38.1 Å². The van der Waals surface area contributed by atoms with Crippen LogP contribution in [0.3, 0.4) is 0 Å². The monoisotopic (exact) mass is 253 g/mol. The quantitative estimate of drug-likeness (QED) is 0.612. The van der Waals surface area contributed by atoms with E-state index in [4.69, 9.17) is 5.73 Å². The van der Waals surface area contributed by atoms with Crippen molar-refractivity contribution in [2.24, 2.45) is 0 Å². The molecule has 0 radical (unpaired) electrons. The van der Waals surface area contributed by atoms with E-state index < -0.39 is 9.84 Å². The van der Waals surface area contributed by atoms with Crippen LogP contribution in [0.15, 0.2) is 4.34 Å². The number of anilines is 1. The van der Waals surface area contributed by atoms with Crippen LogP contribution in [-0.2, 0) is 9.84 Å². The van der Waals surface area contributed by atoms with E-state index >= 15 is 0 Å². The molecule has 0 amide bonds. The fraction of sp³-hybridized carbons (Fsp3) is 0.667. The Bertz CT molecular complexity index is 387. The van der Waals surface area contributed by atoms with Gasteiger partial charge in [-0.25, -0.2) is 8.42 Å². The zero-order chi connectivity index (χ0) is 10.6. The molecule has 14 heavy (non-hydrogen) atoms. The van der Waals surface area contributed by atoms with E-state index in [0.717, 1.165) is 10.1 Å². The highest BCUT2D eigenvalue weighted by molar-refractivity contribution is 8.01. The Morgan fingerprint density at radius 3 is 2.71 bits per heavy atom. The summed E-state index contributed by atoms with van der Waals surface area (Å²) in [6, 6.07) is 0. The van der Waals surface area contributed by atoms with Gasteiger partial charge in [-0.15, -0.1) is 10.2 Å². The van der Waals surface area contributed by atoms with Crippen LogP contribution in [0, 0.1) is 0 Å². The van der Waals surface area contributed by atoms with Crippen molar-refractivity contribution in [3.8, 4) is 0 Å². The van der Waals surface area contributed by atoms with Crippen molar-refractivity contribution in [2.75, 3.05) is 23.5 Å². The number of aromatic nitrogens is 2. The van der Waals surface area contributed by atoms with Gasteiger partial charge < -0.3 is 5.73 Å². The van der Waals surface area contributed by atoms with Gasteiger partial charge in [0.05, 0.1) is 5.75 Å². The fourth-order valence-corrected chi connectivity index (χ4v) is 3.26. The summed E-state index contributed by atoms with van der Waals surface area (Å²) in [6.45, 7) is 0. The Balaban J connectivity index is 2.23. The van der Waals surface area contributed by atoms with E-state index in [0.29, 0.717) is 11.6 Å². The van der Waals surface area contributed by atoms with E-state index in [1.165, 1.54) is 29.4 Å². The highest BCUT2D eigenvalue weighted by Crippen LogP contribution is 2.23. The van der Waals surface area contributed by atoms with Gasteiger partial charge in [0.15, 0.2) is 4.34 Å². The molecule has 0 fully saturated rings. The second kappa shape index (κ2) is 4.94. The molecule has 0 aliphatic heterocycles. The molecule has 1 heterocycles. The Kier molecular flexibility index (Phi) is 4.14. The molecule has 1 aromatic heterocycles. The number of hydrogen-bond donors (Lipinski definition) is 1. The van der Waals surface area contributed by atoms with Crippen molar-refractivity contribution in [1.82, 2.24) is 10.2 Å². The summed E-state index contributed by atoms with van der Waals surface area (Å²) in [4.78, 5) is 0. The van der Waals surface area contributed by atoms with Gasteiger partial charge in [0.1, 0.15) is 9.84 Å². The molecule has 1 rings (SSSR count). The molecule has 0 atom stereocenters. The van der Waals surface area contributed by atoms with Crippen molar-refractivity contribution < 1.29 is 8.42 Å². The summed E-state index contributed by atoms with van der Waals surface area (Å²) in [5, 5.41) is 7.90. The predicted octanol–water partition coefficient (Wildman–Crippen LogP) is 0.647. The summed E-state index contributed by atoms with van der Waals surface area (Å²) >= 11 is 2.80. The number of sulfone groups is 1. The van der Waals surface area contributed by atoms with Crippen molar-refractivity contribution in [3.63, 3.8) is 0 Å². The normalized spacial score (nSPS) is 11.8. The third-order valence-corrected chi connectivity index (χ3v) is 4.31. The Morgan fingerprint density at radius 1 is 1.50 bits per heavy atom. The average molecular weight is 253 g/mol. The lowest BCUT2D eigenvalue weighted by Crippen LogP contribution is -2.03. The number of nitrogen functional groups attached to an aromatic ring is 1. The van der Waals surface area contributed by atoms with Gasteiger partial charge in [0, 0.05) is 12.0 Å². The van der Waals surface area contributed by atoms with E-state index in [-0.39, 0.29) is 5.75 Å². The Hall–Kier alpha value is -0.340. The SMILES string of the molecule is CS(=O)(=O)CCCSc1nnc(N)s1. The topological polar surface area (TPSA) is 85.9 Å². The van der Waals surface area contributed by atoms with Gasteiger partial charge in [-0.2, -0.15) is 0 Å². The average Bonchev–Trinajstić information content (AvgIpc) is 2.44. The molecular weight excluding hydrogens is 242 g/mol. The minimum Gasteiger partial charge on any atom is -0.374 e. The summed E-state index contributed by atoms with van der Waals surface area (Å²) < 4.78 is 22.4. The first-order valence-corrected chi connectivity index (χ1v) is 7.73. The molecule has 8 heteroatoms. The molecule has 0 unspecified atom stereocenters. The Labute approximate surface area is 91.0 Å². The third kappa shape index (κ3) is 4.77. The lowest BCUT2D eigenvalue weighted by molar-refractivity contribution is 0.600. The maximum atomic E-state index is 10.8. The lowest BCUT2D eigenvalue weighted by Gasteiger charge is -1.96. The predicted molar refractivity (Wildman–Crippen MR) is 59.4 cm³/mol. The van der Waals surface area contributed by atoms with Gasteiger partial charge in [-0.3, -0.25) is 0 Å². The molecule has 1 aromatic rings. The van der Waals surface area contributed by atoms with Crippen LogP contribution in [0.1, 0.15) is 6.42 Å².